The number of nitrogens with zero attached hydrogens (tertiary/aromatic N) is 1. The molecule has 1 aromatic carbocycles. The summed E-state index contributed by atoms with van der Waals surface area (Å²) in [6, 6.07) is 7.70. The monoisotopic (exact) mass is 320 g/mol. The van der Waals surface area contributed by atoms with Gasteiger partial charge in [-0.25, -0.2) is 0 Å². The number of amides is 1. The molecule has 23 heavy (non-hydrogen) atoms. The number of carbonyl (C=O) groups is 1. The highest BCUT2D eigenvalue weighted by atomic mass is 16.5. The van der Waals surface area contributed by atoms with Crippen LogP contribution in [0.3, 0.4) is 0 Å². The van der Waals surface area contributed by atoms with Gasteiger partial charge in [0.1, 0.15) is 5.75 Å². The molecule has 1 N–H and O–H groups in total. The minimum atomic E-state index is -0.0760. The third kappa shape index (κ3) is 4.94. The average Bonchev–Trinajstić information content (AvgIpc) is 2.56. The Morgan fingerprint density at radius 1 is 1.30 bits per heavy atom. The van der Waals surface area contributed by atoms with E-state index in [-0.39, 0.29) is 5.91 Å². The van der Waals surface area contributed by atoms with Crippen LogP contribution in [0, 0.1) is 5.92 Å². The zero-order chi connectivity index (χ0) is 16.7. The molecule has 5 nitrogen and oxygen atoms in total. The van der Waals surface area contributed by atoms with E-state index in [0.717, 1.165) is 26.3 Å². The first-order valence-electron chi connectivity index (χ1n) is 8.45. The Kier molecular flexibility index (Phi) is 6.86. The maximum atomic E-state index is 12.5. The van der Waals surface area contributed by atoms with Crippen LogP contribution in [0.25, 0.3) is 0 Å². The van der Waals surface area contributed by atoms with Crippen LogP contribution in [-0.4, -0.2) is 56.3 Å². The molecule has 0 aromatic heterocycles. The second-order valence-corrected chi connectivity index (χ2v) is 6.10. The summed E-state index contributed by atoms with van der Waals surface area (Å²) in [7, 11) is 0. The van der Waals surface area contributed by atoms with E-state index in [1.165, 1.54) is 0 Å². The molecule has 1 aliphatic heterocycles. The molecule has 1 atom stereocenters. The molecule has 5 heteroatoms. The van der Waals surface area contributed by atoms with Gasteiger partial charge in [0.15, 0.2) is 0 Å². The number of ether oxygens (including phenoxy) is 2. The van der Waals surface area contributed by atoms with Gasteiger partial charge in [-0.3, -0.25) is 9.69 Å². The number of para-hydroxylation sites is 1. The van der Waals surface area contributed by atoms with Crippen molar-refractivity contribution in [1.29, 1.82) is 0 Å². The van der Waals surface area contributed by atoms with Gasteiger partial charge in [0, 0.05) is 25.7 Å². The highest BCUT2D eigenvalue weighted by Gasteiger charge is 2.24. The molecule has 0 spiro atoms. The largest absolute Gasteiger partial charge is 0.493 e. The molecular formula is C18H28N2O3. The van der Waals surface area contributed by atoms with Gasteiger partial charge in [0.05, 0.1) is 25.4 Å². The maximum Gasteiger partial charge on any atom is 0.255 e. The number of rotatable bonds is 7. The summed E-state index contributed by atoms with van der Waals surface area (Å²) in [6.45, 7) is 10.9. The molecule has 0 aliphatic carbocycles. The Morgan fingerprint density at radius 3 is 2.65 bits per heavy atom. The highest BCUT2D eigenvalue weighted by Crippen LogP contribution is 2.18. The molecule has 1 unspecified atom stereocenters. The predicted molar refractivity (Wildman–Crippen MR) is 91.0 cm³/mol. The van der Waals surface area contributed by atoms with Gasteiger partial charge in [-0.05, 0) is 25.0 Å². The van der Waals surface area contributed by atoms with Gasteiger partial charge in [-0.15, -0.1) is 0 Å². The van der Waals surface area contributed by atoms with Crippen LogP contribution in [0.1, 0.15) is 31.1 Å². The normalized spacial score (nSPS) is 17.0. The van der Waals surface area contributed by atoms with Crippen LogP contribution < -0.4 is 10.1 Å². The van der Waals surface area contributed by atoms with Crippen molar-refractivity contribution in [3.05, 3.63) is 29.8 Å². The third-order valence-electron chi connectivity index (χ3n) is 4.19. The van der Waals surface area contributed by atoms with Crippen molar-refractivity contribution in [3.8, 4) is 5.75 Å². The molecule has 0 saturated carbocycles. The lowest BCUT2D eigenvalue weighted by atomic mass is 10.0. The quantitative estimate of drug-likeness (QED) is 0.836. The zero-order valence-electron chi connectivity index (χ0n) is 14.4. The molecule has 128 valence electrons. The fourth-order valence-corrected chi connectivity index (χ4v) is 2.92. The van der Waals surface area contributed by atoms with Gasteiger partial charge >= 0.3 is 0 Å². The summed E-state index contributed by atoms with van der Waals surface area (Å²) in [5.74, 6) is 1.03. The molecular weight excluding hydrogens is 292 g/mol. The molecule has 1 fully saturated rings. The summed E-state index contributed by atoms with van der Waals surface area (Å²) in [5, 5.41) is 3.08. The number of carbonyl (C=O) groups excluding carboxylic acids is 1. The topological polar surface area (TPSA) is 50.8 Å². The first-order chi connectivity index (χ1) is 11.1. The lowest BCUT2D eigenvalue weighted by molar-refractivity contribution is 0.00672. The van der Waals surface area contributed by atoms with E-state index in [9.17, 15) is 4.79 Å². The van der Waals surface area contributed by atoms with E-state index >= 15 is 0 Å². The number of hydrogen-bond acceptors (Lipinski definition) is 4. The Hall–Kier alpha value is -1.59. The summed E-state index contributed by atoms with van der Waals surface area (Å²) >= 11 is 0. The van der Waals surface area contributed by atoms with Crippen molar-refractivity contribution < 1.29 is 14.3 Å². The molecule has 1 aromatic rings. The molecule has 2 rings (SSSR count). The first kappa shape index (κ1) is 17.8. The number of hydrogen-bond donors (Lipinski definition) is 1. The third-order valence-corrected chi connectivity index (χ3v) is 4.19. The Bertz CT molecular complexity index is 499. The van der Waals surface area contributed by atoms with Crippen LogP contribution in [0.4, 0.5) is 0 Å². The van der Waals surface area contributed by atoms with Crippen molar-refractivity contribution in [2.45, 2.75) is 26.8 Å². The fraction of sp³-hybridized carbons (Fsp3) is 0.611. The summed E-state index contributed by atoms with van der Waals surface area (Å²) in [4.78, 5) is 14.9. The molecule has 1 aliphatic rings. The average molecular weight is 320 g/mol. The van der Waals surface area contributed by atoms with Gasteiger partial charge in [0.2, 0.25) is 0 Å². The van der Waals surface area contributed by atoms with Crippen molar-refractivity contribution in [3.63, 3.8) is 0 Å². The second-order valence-electron chi connectivity index (χ2n) is 6.10. The summed E-state index contributed by atoms with van der Waals surface area (Å²) < 4.78 is 11.0. The summed E-state index contributed by atoms with van der Waals surface area (Å²) in [5.41, 5.74) is 0.596. The smallest absolute Gasteiger partial charge is 0.255 e. The fourth-order valence-electron chi connectivity index (χ4n) is 2.92. The van der Waals surface area contributed by atoms with E-state index in [0.29, 0.717) is 36.4 Å². The Balaban J connectivity index is 1.98. The standard InChI is InChI=1S/C18H28N2O3/c1-4-23-17-8-6-5-7-15(17)18(21)19-13-16(14(2)3)20-9-11-22-12-10-20/h5-8,14,16H,4,9-13H2,1-3H3,(H,19,21). The molecule has 1 saturated heterocycles. The second kappa shape index (κ2) is 8.89. The van der Waals surface area contributed by atoms with Gasteiger partial charge in [-0.2, -0.15) is 0 Å². The van der Waals surface area contributed by atoms with Gasteiger partial charge < -0.3 is 14.8 Å². The maximum absolute atomic E-state index is 12.5. The van der Waals surface area contributed by atoms with Crippen molar-refractivity contribution in [2.75, 3.05) is 39.5 Å². The van der Waals surface area contributed by atoms with Gasteiger partial charge in [0.25, 0.3) is 5.91 Å². The Morgan fingerprint density at radius 2 is 2.00 bits per heavy atom. The molecule has 1 amide bonds. The van der Waals surface area contributed by atoms with E-state index in [1.54, 1.807) is 6.07 Å². The minimum Gasteiger partial charge on any atom is -0.493 e. The molecule has 1 heterocycles. The Labute approximate surface area is 139 Å². The van der Waals surface area contributed by atoms with Crippen LogP contribution in [-0.2, 0) is 4.74 Å². The zero-order valence-corrected chi connectivity index (χ0v) is 14.4. The van der Waals surface area contributed by atoms with Gasteiger partial charge in [-0.1, -0.05) is 26.0 Å². The predicted octanol–water partition coefficient (Wildman–Crippen LogP) is 2.17. The lowest BCUT2D eigenvalue weighted by Gasteiger charge is -2.36. The van der Waals surface area contributed by atoms with E-state index in [1.807, 2.05) is 25.1 Å². The van der Waals surface area contributed by atoms with Crippen molar-refractivity contribution >= 4 is 5.91 Å². The van der Waals surface area contributed by atoms with E-state index in [4.69, 9.17) is 9.47 Å². The first-order valence-corrected chi connectivity index (χ1v) is 8.45. The number of nitrogens with one attached hydrogen (secondary N) is 1. The van der Waals surface area contributed by atoms with Crippen LogP contribution in [0.5, 0.6) is 5.75 Å². The van der Waals surface area contributed by atoms with Crippen LogP contribution in [0.2, 0.25) is 0 Å². The lowest BCUT2D eigenvalue weighted by Crippen LogP contribution is -2.51. The number of benzene rings is 1. The van der Waals surface area contributed by atoms with E-state index < -0.39 is 0 Å². The minimum absolute atomic E-state index is 0.0760. The molecule has 0 radical (unpaired) electrons. The summed E-state index contributed by atoms with van der Waals surface area (Å²) in [6.07, 6.45) is 0. The van der Waals surface area contributed by atoms with E-state index in [2.05, 4.69) is 24.1 Å². The van der Waals surface area contributed by atoms with Crippen LogP contribution in [0.15, 0.2) is 24.3 Å². The van der Waals surface area contributed by atoms with Crippen molar-refractivity contribution in [1.82, 2.24) is 10.2 Å². The highest BCUT2D eigenvalue weighted by molar-refractivity contribution is 5.96. The number of morpholine rings is 1. The SMILES string of the molecule is CCOc1ccccc1C(=O)NCC(C(C)C)N1CCOCC1. The van der Waals surface area contributed by atoms with Crippen LogP contribution >= 0.6 is 0 Å². The van der Waals surface area contributed by atoms with Crippen molar-refractivity contribution in [2.24, 2.45) is 5.92 Å². The molecule has 0 bridgehead atoms.